The number of hydrogen-bond donors (Lipinski definition) is 2. The molecule has 7 heteroatoms. The summed E-state index contributed by atoms with van der Waals surface area (Å²) in [4.78, 5) is 17.2. The van der Waals surface area contributed by atoms with Gasteiger partial charge in [-0.15, -0.1) is 24.8 Å². The van der Waals surface area contributed by atoms with Crippen LogP contribution in [0.5, 0.6) is 0 Å². The van der Waals surface area contributed by atoms with Gasteiger partial charge in [0.1, 0.15) is 5.82 Å². The van der Waals surface area contributed by atoms with E-state index in [0.29, 0.717) is 18.3 Å². The van der Waals surface area contributed by atoms with E-state index in [0.717, 1.165) is 43.0 Å². The summed E-state index contributed by atoms with van der Waals surface area (Å²) >= 11 is 0. The number of nitrogens with one attached hydrogen (secondary N) is 2. The Balaban J connectivity index is 0.00000150. The molecule has 2 aliphatic rings. The van der Waals surface area contributed by atoms with Crippen LogP contribution in [0.1, 0.15) is 44.9 Å². The van der Waals surface area contributed by atoms with Crippen LogP contribution in [0.4, 0.5) is 5.69 Å². The van der Waals surface area contributed by atoms with E-state index in [1.165, 1.54) is 31.5 Å². The van der Waals surface area contributed by atoms with Crippen molar-refractivity contribution < 1.29 is 4.79 Å². The molecule has 0 saturated carbocycles. The number of carbonyl (C=O) groups is 1. The number of imidazole rings is 1. The SMILES string of the molecule is CC(CC(=O)Nc1ccc(-c2cn3c(n2)CCCC3)cc1)C1CCNCC1.Cl.Cl. The zero-order valence-electron chi connectivity index (χ0n) is 17.0. The largest absolute Gasteiger partial charge is 0.334 e. The van der Waals surface area contributed by atoms with E-state index in [9.17, 15) is 4.79 Å². The Morgan fingerprint density at radius 3 is 2.62 bits per heavy atom. The number of rotatable bonds is 5. The Morgan fingerprint density at radius 2 is 1.93 bits per heavy atom. The molecular formula is C22H32Cl2N4O. The zero-order chi connectivity index (χ0) is 18.6. The molecule has 1 aromatic heterocycles. The number of nitrogens with zero attached hydrogens (tertiary/aromatic N) is 2. The van der Waals surface area contributed by atoms with Crippen molar-refractivity contribution in [2.24, 2.45) is 11.8 Å². The molecule has 0 aliphatic carbocycles. The standard InChI is InChI=1S/C22H30N4O.2ClH/c1-16(17-9-11-23-12-10-17)14-22(27)24-19-7-5-18(6-8-19)20-15-26-13-3-2-4-21(26)25-20;;/h5-8,15-17,23H,2-4,9-14H2,1H3,(H,24,27);2*1H. The summed E-state index contributed by atoms with van der Waals surface area (Å²) in [6.45, 7) is 5.44. The summed E-state index contributed by atoms with van der Waals surface area (Å²) < 4.78 is 2.27. The van der Waals surface area contributed by atoms with Crippen molar-refractivity contribution in [2.45, 2.75) is 52.0 Å². The summed E-state index contributed by atoms with van der Waals surface area (Å²) in [7, 11) is 0. The maximum absolute atomic E-state index is 12.4. The molecule has 1 unspecified atom stereocenters. The molecule has 5 nitrogen and oxygen atoms in total. The topological polar surface area (TPSA) is 59.0 Å². The van der Waals surface area contributed by atoms with Gasteiger partial charge in [0.2, 0.25) is 5.91 Å². The van der Waals surface area contributed by atoms with Crippen LogP contribution in [-0.4, -0.2) is 28.5 Å². The van der Waals surface area contributed by atoms with Crippen LogP contribution in [0.15, 0.2) is 30.5 Å². The molecule has 4 rings (SSSR count). The number of aryl methyl sites for hydroxylation is 2. The molecule has 1 atom stereocenters. The second kappa shape index (κ2) is 11.0. The van der Waals surface area contributed by atoms with Crippen molar-refractivity contribution in [3.05, 3.63) is 36.3 Å². The third-order valence-electron chi connectivity index (χ3n) is 6.07. The summed E-state index contributed by atoms with van der Waals surface area (Å²) in [6.07, 6.45) is 8.66. The van der Waals surface area contributed by atoms with Crippen LogP contribution in [0.2, 0.25) is 0 Å². The van der Waals surface area contributed by atoms with Gasteiger partial charge >= 0.3 is 0 Å². The highest BCUT2D eigenvalue weighted by molar-refractivity contribution is 5.91. The average Bonchev–Trinajstić information content (AvgIpc) is 3.13. The maximum Gasteiger partial charge on any atom is 0.224 e. The minimum atomic E-state index is 0. The van der Waals surface area contributed by atoms with Gasteiger partial charge < -0.3 is 15.2 Å². The third-order valence-corrected chi connectivity index (χ3v) is 6.07. The molecular weight excluding hydrogens is 407 g/mol. The van der Waals surface area contributed by atoms with Crippen LogP contribution in [-0.2, 0) is 17.8 Å². The number of piperidine rings is 1. The highest BCUT2D eigenvalue weighted by Gasteiger charge is 2.22. The van der Waals surface area contributed by atoms with Gasteiger partial charge in [-0.05, 0) is 62.7 Å². The lowest BCUT2D eigenvalue weighted by atomic mass is 9.84. The Bertz CT molecular complexity index is 761. The van der Waals surface area contributed by atoms with Crippen LogP contribution >= 0.6 is 24.8 Å². The lowest BCUT2D eigenvalue weighted by Crippen LogP contribution is -2.32. The second-order valence-electron chi connectivity index (χ2n) is 8.09. The first-order chi connectivity index (χ1) is 13.2. The van der Waals surface area contributed by atoms with E-state index >= 15 is 0 Å². The average molecular weight is 439 g/mol. The van der Waals surface area contributed by atoms with Crippen LogP contribution in [0.25, 0.3) is 11.3 Å². The number of benzene rings is 1. The Hall–Kier alpha value is -1.56. The first kappa shape index (κ1) is 23.7. The van der Waals surface area contributed by atoms with Crippen molar-refractivity contribution >= 4 is 36.4 Å². The van der Waals surface area contributed by atoms with Gasteiger partial charge in [-0.2, -0.15) is 0 Å². The molecule has 29 heavy (non-hydrogen) atoms. The van der Waals surface area contributed by atoms with Crippen molar-refractivity contribution in [3.63, 3.8) is 0 Å². The van der Waals surface area contributed by atoms with Gasteiger partial charge in [-0.1, -0.05) is 19.1 Å². The first-order valence-electron chi connectivity index (χ1n) is 10.4. The molecule has 1 amide bonds. The predicted octanol–water partition coefficient (Wildman–Crippen LogP) is 4.69. The van der Waals surface area contributed by atoms with Gasteiger partial charge in [0.25, 0.3) is 0 Å². The molecule has 0 spiro atoms. The molecule has 3 heterocycles. The fraction of sp³-hybridized carbons (Fsp3) is 0.545. The number of anilines is 1. The predicted molar refractivity (Wildman–Crippen MR) is 123 cm³/mol. The third kappa shape index (κ3) is 5.97. The van der Waals surface area contributed by atoms with Crippen molar-refractivity contribution in [3.8, 4) is 11.3 Å². The van der Waals surface area contributed by atoms with Gasteiger partial charge in [-0.25, -0.2) is 4.98 Å². The molecule has 1 aromatic carbocycles. The molecule has 2 aliphatic heterocycles. The number of aromatic nitrogens is 2. The highest BCUT2D eigenvalue weighted by atomic mass is 35.5. The van der Waals surface area contributed by atoms with Gasteiger partial charge in [0.15, 0.2) is 0 Å². The Labute approximate surface area is 185 Å². The van der Waals surface area contributed by atoms with E-state index in [2.05, 4.69) is 40.5 Å². The second-order valence-corrected chi connectivity index (χ2v) is 8.09. The molecule has 2 N–H and O–H groups in total. The van der Waals surface area contributed by atoms with Crippen molar-refractivity contribution in [2.75, 3.05) is 18.4 Å². The zero-order valence-corrected chi connectivity index (χ0v) is 18.7. The van der Waals surface area contributed by atoms with Gasteiger partial charge in [-0.3, -0.25) is 4.79 Å². The fourth-order valence-corrected chi connectivity index (χ4v) is 4.36. The quantitative estimate of drug-likeness (QED) is 0.711. The van der Waals surface area contributed by atoms with E-state index in [-0.39, 0.29) is 30.7 Å². The van der Waals surface area contributed by atoms with Crippen LogP contribution in [0.3, 0.4) is 0 Å². The fourth-order valence-electron chi connectivity index (χ4n) is 4.36. The number of halogens is 2. The Kier molecular flexibility index (Phi) is 9.00. The van der Waals surface area contributed by atoms with Gasteiger partial charge in [0.05, 0.1) is 5.69 Å². The number of fused-ring (bicyclic) bond motifs is 1. The minimum absolute atomic E-state index is 0. The van der Waals surface area contributed by atoms with E-state index in [1.54, 1.807) is 0 Å². The molecule has 2 aromatic rings. The molecule has 0 radical (unpaired) electrons. The van der Waals surface area contributed by atoms with Crippen LogP contribution in [0, 0.1) is 11.8 Å². The number of amides is 1. The number of carbonyl (C=O) groups excluding carboxylic acids is 1. The van der Waals surface area contributed by atoms with E-state index < -0.39 is 0 Å². The highest BCUT2D eigenvalue weighted by Crippen LogP contribution is 2.26. The van der Waals surface area contributed by atoms with Gasteiger partial charge in [0, 0.05) is 36.8 Å². The van der Waals surface area contributed by atoms with E-state index in [4.69, 9.17) is 4.98 Å². The lowest BCUT2D eigenvalue weighted by Gasteiger charge is -2.27. The van der Waals surface area contributed by atoms with E-state index in [1.807, 2.05) is 12.1 Å². The van der Waals surface area contributed by atoms with Crippen molar-refractivity contribution in [1.82, 2.24) is 14.9 Å². The normalized spacial score (nSPS) is 17.4. The van der Waals surface area contributed by atoms with Crippen molar-refractivity contribution in [1.29, 1.82) is 0 Å². The monoisotopic (exact) mass is 438 g/mol. The molecule has 160 valence electrons. The summed E-state index contributed by atoms with van der Waals surface area (Å²) in [5.74, 6) is 2.40. The summed E-state index contributed by atoms with van der Waals surface area (Å²) in [5.41, 5.74) is 3.01. The number of hydrogen-bond acceptors (Lipinski definition) is 3. The molecule has 1 fully saturated rings. The summed E-state index contributed by atoms with van der Waals surface area (Å²) in [5, 5.41) is 6.45. The summed E-state index contributed by atoms with van der Waals surface area (Å²) in [6, 6.07) is 8.09. The molecule has 1 saturated heterocycles. The smallest absolute Gasteiger partial charge is 0.224 e. The maximum atomic E-state index is 12.4. The first-order valence-corrected chi connectivity index (χ1v) is 10.4. The molecule has 0 bridgehead atoms. The Morgan fingerprint density at radius 1 is 1.21 bits per heavy atom. The minimum Gasteiger partial charge on any atom is -0.334 e. The lowest BCUT2D eigenvalue weighted by molar-refractivity contribution is -0.117. The van der Waals surface area contributed by atoms with Crippen LogP contribution < -0.4 is 10.6 Å².